The number of hydrogen-bond donors (Lipinski definition) is 1. The summed E-state index contributed by atoms with van der Waals surface area (Å²) in [5, 5.41) is 0.370. The third-order valence-electron chi connectivity index (χ3n) is 5.11. The number of rotatable bonds is 6. The van der Waals surface area contributed by atoms with E-state index in [9.17, 15) is 17.6 Å². The van der Waals surface area contributed by atoms with Gasteiger partial charge in [-0.25, -0.2) is 21.2 Å². The Hall–Kier alpha value is -3.98. The van der Waals surface area contributed by atoms with Gasteiger partial charge in [-0.2, -0.15) is 0 Å². The van der Waals surface area contributed by atoms with Gasteiger partial charge in [-0.3, -0.25) is 4.79 Å². The van der Waals surface area contributed by atoms with Crippen LogP contribution in [-0.4, -0.2) is 18.3 Å². The van der Waals surface area contributed by atoms with E-state index in [2.05, 4.69) is 6.58 Å². The third kappa shape index (κ3) is 3.87. The number of ether oxygens (including phenoxy) is 1. The second-order valence-corrected chi connectivity index (χ2v) is 9.09. The molecule has 1 aromatic heterocycles. The number of aromatic nitrogens is 1. The Bertz CT molecular complexity index is 1520. The zero-order valence-electron chi connectivity index (χ0n) is 17.4. The van der Waals surface area contributed by atoms with Crippen LogP contribution in [0.4, 0.5) is 8.78 Å². The molecule has 0 aliphatic heterocycles. The summed E-state index contributed by atoms with van der Waals surface area (Å²) < 4.78 is 61.8. The van der Waals surface area contributed by atoms with Gasteiger partial charge in [0.1, 0.15) is 11.6 Å². The van der Waals surface area contributed by atoms with Crippen molar-refractivity contribution in [3.8, 4) is 11.5 Å². The first-order valence-corrected chi connectivity index (χ1v) is 11.1. The number of halogens is 2. The number of carbonyl (C=O) groups excluding carboxylic acids is 1. The molecule has 0 fully saturated rings. The van der Waals surface area contributed by atoms with Crippen molar-refractivity contribution in [3.63, 3.8) is 0 Å². The maximum atomic E-state index is 15.1. The van der Waals surface area contributed by atoms with E-state index in [-0.39, 0.29) is 27.5 Å². The molecule has 6 nitrogen and oxygen atoms in total. The van der Waals surface area contributed by atoms with Crippen LogP contribution in [0.15, 0.2) is 72.3 Å². The van der Waals surface area contributed by atoms with Crippen LogP contribution in [0.2, 0.25) is 0 Å². The lowest BCUT2D eigenvalue weighted by molar-refractivity contribution is 0.0996. The van der Waals surface area contributed by atoms with E-state index in [1.54, 1.807) is 12.1 Å². The Labute approximate surface area is 188 Å². The minimum absolute atomic E-state index is 0.0294. The van der Waals surface area contributed by atoms with Gasteiger partial charge in [-0.05, 0) is 43.3 Å². The van der Waals surface area contributed by atoms with E-state index in [1.165, 1.54) is 36.5 Å². The Morgan fingerprint density at radius 1 is 1.06 bits per heavy atom. The summed E-state index contributed by atoms with van der Waals surface area (Å²) in [6, 6.07) is 12.1. The fourth-order valence-electron chi connectivity index (χ4n) is 3.45. The van der Waals surface area contributed by atoms with Gasteiger partial charge in [0.15, 0.2) is 11.6 Å². The van der Waals surface area contributed by atoms with Crippen molar-refractivity contribution in [2.24, 2.45) is 5.73 Å². The zero-order chi connectivity index (χ0) is 23.9. The smallest absolute Gasteiger partial charge is 0.268 e. The largest absolute Gasteiger partial charge is 0.454 e. The maximum Gasteiger partial charge on any atom is 0.268 e. The molecule has 0 saturated heterocycles. The number of aryl methyl sites for hydroxylation is 1. The van der Waals surface area contributed by atoms with Gasteiger partial charge in [0, 0.05) is 23.2 Å². The minimum atomic E-state index is -3.99. The Kier molecular flexibility index (Phi) is 5.51. The molecule has 0 atom stereocenters. The number of primary amides is 1. The van der Waals surface area contributed by atoms with Crippen LogP contribution in [0.1, 0.15) is 21.5 Å². The van der Waals surface area contributed by atoms with Gasteiger partial charge in [-0.15, -0.1) is 0 Å². The first-order chi connectivity index (χ1) is 15.6. The molecule has 9 heteroatoms. The first-order valence-electron chi connectivity index (χ1n) is 9.69. The minimum Gasteiger partial charge on any atom is -0.454 e. The quantitative estimate of drug-likeness (QED) is 0.431. The van der Waals surface area contributed by atoms with Crippen LogP contribution in [0.25, 0.3) is 17.0 Å². The number of benzene rings is 3. The van der Waals surface area contributed by atoms with Gasteiger partial charge < -0.3 is 10.5 Å². The van der Waals surface area contributed by atoms with Crippen LogP contribution in [-0.2, 0) is 10.0 Å². The van der Waals surface area contributed by atoms with Crippen molar-refractivity contribution >= 4 is 32.9 Å². The van der Waals surface area contributed by atoms with Gasteiger partial charge in [-0.1, -0.05) is 30.4 Å². The molecule has 168 valence electrons. The Balaban J connectivity index is 1.85. The molecule has 0 saturated carbocycles. The molecule has 0 aliphatic rings. The van der Waals surface area contributed by atoms with E-state index in [1.807, 2.05) is 6.92 Å². The highest BCUT2D eigenvalue weighted by molar-refractivity contribution is 7.90. The summed E-state index contributed by atoms with van der Waals surface area (Å²) in [5.74, 6) is -3.01. The predicted octanol–water partition coefficient (Wildman–Crippen LogP) is 5.00. The van der Waals surface area contributed by atoms with E-state index in [4.69, 9.17) is 10.5 Å². The molecule has 0 spiro atoms. The van der Waals surface area contributed by atoms with Gasteiger partial charge in [0.05, 0.1) is 16.0 Å². The maximum absolute atomic E-state index is 15.1. The van der Waals surface area contributed by atoms with Crippen molar-refractivity contribution in [1.29, 1.82) is 0 Å². The molecule has 0 aliphatic carbocycles. The van der Waals surface area contributed by atoms with Crippen LogP contribution in [0.5, 0.6) is 11.5 Å². The lowest BCUT2D eigenvalue weighted by atomic mass is 10.1. The fourth-order valence-corrected chi connectivity index (χ4v) is 4.78. The van der Waals surface area contributed by atoms with Crippen LogP contribution in [0.3, 0.4) is 0 Å². The average molecular weight is 468 g/mol. The number of amides is 1. The lowest BCUT2D eigenvalue weighted by Crippen LogP contribution is -2.13. The molecule has 0 unspecified atom stereocenters. The molecule has 0 radical (unpaired) electrons. The van der Waals surface area contributed by atoms with E-state index >= 15 is 4.39 Å². The van der Waals surface area contributed by atoms with Crippen molar-refractivity contribution in [3.05, 3.63) is 95.7 Å². The molecule has 1 amide bonds. The molecule has 3 aromatic carbocycles. The summed E-state index contributed by atoms with van der Waals surface area (Å²) in [5.41, 5.74) is 5.91. The second-order valence-electron chi connectivity index (χ2n) is 7.28. The zero-order valence-corrected chi connectivity index (χ0v) is 18.2. The van der Waals surface area contributed by atoms with E-state index in [0.717, 1.165) is 27.7 Å². The number of nitrogens with zero attached hydrogens (tertiary/aromatic N) is 1. The van der Waals surface area contributed by atoms with Gasteiger partial charge in [0.2, 0.25) is 0 Å². The molecular formula is C24H18F2N2O4S. The highest BCUT2D eigenvalue weighted by Crippen LogP contribution is 2.37. The molecular weight excluding hydrogens is 450 g/mol. The van der Waals surface area contributed by atoms with Gasteiger partial charge in [0.25, 0.3) is 15.9 Å². The van der Waals surface area contributed by atoms with Crippen LogP contribution < -0.4 is 10.5 Å². The molecule has 1 heterocycles. The molecule has 2 N–H and O–H groups in total. The predicted molar refractivity (Wildman–Crippen MR) is 121 cm³/mol. The summed E-state index contributed by atoms with van der Waals surface area (Å²) in [7, 11) is -3.99. The summed E-state index contributed by atoms with van der Waals surface area (Å²) in [6.07, 6.45) is 2.64. The lowest BCUT2D eigenvalue weighted by Gasteiger charge is -2.14. The number of nitrogens with two attached hydrogens (primary N) is 1. The Morgan fingerprint density at radius 3 is 2.39 bits per heavy atom. The highest BCUT2D eigenvalue weighted by atomic mass is 32.2. The number of hydrogen-bond acceptors (Lipinski definition) is 4. The van der Waals surface area contributed by atoms with E-state index < -0.39 is 33.1 Å². The molecule has 4 rings (SSSR count). The third-order valence-corrected chi connectivity index (χ3v) is 6.81. The molecule has 0 bridgehead atoms. The van der Waals surface area contributed by atoms with Gasteiger partial charge >= 0.3 is 0 Å². The second kappa shape index (κ2) is 8.18. The van der Waals surface area contributed by atoms with Crippen molar-refractivity contribution in [1.82, 2.24) is 3.97 Å². The normalized spacial score (nSPS) is 11.5. The SMILES string of the molecule is C=Cc1c(Oc2ccc(F)c(C(N)=O)c2)c(F)cc2c1ccn2S(=O)(=O)c1ccc(C)cc1. The van der Waals surface area contributed by atoms with Crippen molar-refractivity contribution in [2.75, 3.05) is 0 Å². The topological polar surface area (TPSA) is 91.4 Å². The average Bonchev–Trinajstić information content (AvgIpc) is 3.19. The van der Waals surface area contributed by atoms with Crippen LogP contribution >= 0.6 is 0 Å². The highest BCUT2D eigenvalue weighted by Gasteiger charge is 2.23. The number of fused-ring (bicyclic) bond motifs is 1. The summed E-state index contributed by atoms with van der Waals surface area (Å²) in [4.78, 5) is 11.5. The van der Waals surface area contributed by atoms with E-state index in [0.29, 0.717) is 5.39 Å². The monoisotopic (exact) mass is 468 g/mol. The first kappa shape index (κ1) is 22.2. The van der Waals surface area contributed by atoms with Crippen molar-refractivity contribution in [2.45, 2.75) is 11.8 Å². The number of carbonyl (C=O) groups is 1. The summed E-state index contributed by atoms with van der Waals surface area (Å²) in [6.45, 7) is 5.52. The van der Waals surface area contributed by atoms with Crippen LogP contribution in [0, 0.1) is 18.6 Å². The standard InChI is InChI=1S/C24H18F2N2O4S/c1-3-17-18-10-11-28(33(30,31)16-7-4-14(2)5-8-16)22(18)13-21(26)23(17)32-15-6-9-20(25)19(12-15)24(27)29/h3-13H,1H2,2H3,(H2,27,29). The van der Waals surface area contributed by atoms with Crippen molar-refractivity contribution < 1.29 is 26.7 Å². The summed E-state index contributed by atoms with van der Waals surface area (Å²) >= 11 is 0. The Morgan fingerprint density at radius 2 is 1.76 bits per heavy atom. The molecule has 33 heavy (non-hydrogen) atoms. The fraction of sp³-hybridized carbons (Fsp3) is 0.0417. The molecule has 4 aromatic rings.